The molecule has 1 aliphatic carbocycles. The molecule has 0 saturated carbocycles. The van der Waals surface area contributed by atoms with Gasteiger partial charge in [0.05, 0.1) is 11.4 Å². The molecule has 120 valence electrons. The Hall–Kier alpha value is -2.48. The van der Waals surface area contributed by atoms with Crippen LogP contribution in [0, 0.1) is 0 Å². The summed E-state index contributed by atoms with van der Waals surface area (Å²) in [6.45, 7) is 4.75. The van der Waals surface area contributed by atoms with Gasteiger partial charge in [0, 0.05) is 16.8 Å². The summed E-state index contributed by atoms with van der Waals surface area (Å²) >= 11 is 0. The van der Waals surface area contributed by atoms with E-state index in [2.05, 4.69) is 90.4 Å². The zero-order valence-electron chi connectivity index (χ0n) is 14.2. The van der Waals surface area contributed by atoms with Gasteiger partial charge in [0.25, 0.3) is 0 Å². The molecule has 2 nitrogen and oxygen atoms in total. The monoisotopic (exact) mass is 314 g/mol. The summed E-state index contributed by atoms with van der Waals surface area (Å²) in [5.41, 5.74) is 6.82. The van der Waals surface area contributed by atoms with Gasteiger partial charge in [-0.2, -0.15) is 0 Å². The van der Waals surface area contributed by atoms with E-state index in [9.17, 15) is 0 Å². The molecule has 0 radical (unpaired) electrons. The highest BCUT2D eigenvalue weighted by atomic mass is 15.4. The summed E-state index contributed by atoms with van der Waals surface area (Å²) < 4.78 is 0. The lowest BCUT2D eigenvalue weighted by molar-refractivity contribution is 0.444. The lowest BCUT2D eigenvalue weighted by Gasteiger charge is -2.37. The normalized spacial score (nSPS) is 22.9. The predicted molar refractivity (Wildman–Crippen MR) is 101 cm³/mol. The number of hydrogen-bond donors (Lipinski definition) is 0. The summed E-state index contributed by atoms with van der Waals surface area (Å²) in [7, 11) is 0. The van der Waals surface area contributed by atoms with Gasteiger partial charge < -0.3 is 9.80 Å². The van der Waals surface area contributed by atoms with Gasteiger partial charge in [-0.25, -0.2) is 0 Å². The second-order valence-corrected chi connectivity index (χ2v) is 7.45. The zero-order chi connectivity index (χ0) is 16.3. The molecule has 5 rings (SSSR count). The molecule has 2 aromatic carbocycles. The molecule has 0 bridgehead atoms. The molecule has 0 aromatic heterocycles. The van der Waals surface area contributed by atoms with E-state index in [0.717, 1.165) is 12.8 Å². The Kier molecular flexibility index (Phi) is 2.76. The first-order valence-corrected chi connectivity index (χ1v) is 8.83. The third-order valence-corrected chi connectivity index (χ3v) is 5.65. The maximum atomic E-state index is 2.55. The van der Waals surface area contributed by atoms with Crippen molar-refractivity contribution in [2.45, 2.75) is 38.3 Å². The Morgan fingerprint density at radius 3 is 2.21 bits per heavy atom. The molecule has 1 unspecified atom stereocenters. The van der Waals surface area contributed by atoms with E-state index in [1.165, 1.54) is 28.3 Å². The molecule has 2 heterocycles. The van der Waals surface area contributed by atoms with Crippen LogP contribution in [-0.2, 0) is 5.41 Å². The smallest absolute Gasteiger partial charge is 0.120 e. The fourth-order valence-electron chi connectivity index (χ4n) is 4.58. The van der Waals surface area contributed by atoms with Gasteiger partial charge >= 0.3 is 0 Å². The molecule has 0 N–H and O–H groups in total. The Morgan fingerprint density at radius 1 is 0.833 bits per heavy atom. The molecule has 0 spiro atoms. The van der Waals surface area contributed by atoms with Crippen LogP contribution in [0.1, 0.15) is 32.3 Å². The average molecular weight is 314 g/mol. The van der Waals surface area contributed by atoms with E-state index in [0.29, 0.717) is 6.17 Å². The predicted octanol–water partition coefficient (Wildman–Crippen LogP) is 5.50. The van der Waals surface area contributed by atoms with Crippen LogP contribution in [0.2, 0.25) is 0 Å². The largest absolute Gasteiger partial charge is 0.318 e. The van der Waals surface area contributed by atoms with Crippen molar-refractivity contribution in [1.29, 1.82) is 0 Å². The molecule has 1 atom stereocenters. The fraction of sp³-hybridized carbons (Fsp3) is 0.273. The van der Waals surface area contributed by atoms with Gasteiger partial charge in [-0.05, 0) is 42.7 Å². The van der Waals surface area contributed by atoms with Crippen molar-refractivity contribution in [2.24, 2.45) is 0 Å². The quantitative estimate of drug-likeness (QED) is 0.686. The Morgan fingerprint density at radius 2 is 1.50 bits per heavy atom. The van der Waals surface area contributed by atoms with Crippen molar-refractivity contribution in [1.82, 2.24) is 0 Å². The van der Waals surface area contributed by atoms with Crippen molar-refractivity contribution in [3.8, 4) is 0 Å². The van der Waals surface area contributed by atoms with E-state index >= 15 is 0 Å². The molecule has 0 amide bonds. The van der Waals surface area contributed by atoms with Gasteiger partial charge in [-0.15, -0.1) is 0 Å². The van der Waals surface area contributed by atoms with Crippen LogP contribution in [0.25, 0.3) is 0 Å². The minimum absolute atomic E-state index is 0.0573. The second kappa shape index (κ2) is 4.76. The molecular weight excluding hydrogens is 292 g/mol. The van der Waals surface area contributed by atoms with Gasteiger partial charge in [0.15, 0.2) is 0 Å². The standard InChI is InChI=1S/C22H22N2/c1-22(2)17-12-6-7-13-18(17)24-20-15-9-8-14-19(20)23(21(22)24)16-10-4-3-5-11-16/h4,6-15,21H,3,5H2,1-2H3. The highest BCUT2D eigenvalue weighted by Crippen LogP contribution is 2.57. The number of fused-ring (bicyclic) bond motifs is 5. The third kappa shape index (κ3) is 1.66. The van der Waals surface area contributed by atoms with E-state index < -0.39 is 0 Å². The Bertz CT molecular complexity index is 875. The van der Waals surface area contributed by atoms with Crippen LogP contribution in [0.4, 0.5) is 17.1 Å². The highest BCUT2D eigenvalue weighted by Gasteiger charge is 2.53. The second-order valence-electron chi connectivity index (χ2n) is 7.45. The van der Waals surface area contributed by atoms with Gasteiger partial charge in [-0.1, -0.05) is 56.3 Å². The van der Waals surface area contributed by atoms with Gasteiger partial charge in [0.2, 0.25) is 0 Å². The van der Waals surface area contributed by atoms with Gasteiger partial charge in [-0.3, -0.25) is 0 Å². The first-order chi connectivity index (χ1) is 11.7. The SMILES string of the molecule is CC1(C)c2ccccc2N2c3ccccc3N(C3=CCCC=C3)C21. The van der Waals surface area contributed by atoms with Crippen molar-refractivity contribution >= 4 is 17.1 Å². The van der Waals surface area contributed by atoms with E-state index in [4.69, 9.17) is 0 Å². The number of para-hydroxylation sites is 3. The topological polar surface area (TPSA) is 6.48 Å². The van der Waals surface area contributed by atoms with Crippen LogP contribution in [0.15, 0.2) is 72.5 Å². The van der Waals surface area contributed by atoms with Crippen molar-refractivity contribution in [3.05, 3.63) is 78.0 Å². The number of hydrogen-bond acceptors (Lipinski definition) is 2. The number of rotatable bonds is 1. The summed E-state index contributed by atoms with van der Waals surface area (Å²) in [4.78, 5) is 5.08. The van der Waals surface area contributed by atoms with Crippen molar-refractivity contribution < 1.29 is 0 Å². The molecule has 0 saturated heterocycles. The zero-order valence-corrected chi connectivity index (χ0v) is 14.2. The number of benzene rings is 2. The first kappa shape index (κ1) is 13.9. The lowest BCUT2D eigenvalue weighted by Crippen LogP contribution is -2.48. The maximum absolute atomic E-state index is 2.55. The maximum Gasteiger partial charge on any atom is 0.120 e. The molecule has 3 aliphatic rings. The van der Waals surface area contributed by atoms with E-state index in [-0.39, 0.29) is 5.41 Å². The minimum Gasteiger partial charge on any atom is -0.318 e. The van der Waals surface area contributed by atoms with E-state index in [1.807, 2.05) is 0 Å². The molecule has 2 heteroatoms. The number of anilines is 3. The summed E-state index contributed by atoms with van der Waals surface area (Å²) in [5.74, 6) is 0. The number of nitrogens with zero attached hydrogens (tertiary/aromatic N) is 2. The average Bonchev–Trinajstić information content (AvgIpc) is 3.08. The Balaban J connectivity index is 1.77. The number of allylic oxidation sites excluding steroid dienone is 3. The first-order valence-electron chi connectivity index (χ1n) is 8.83. The molecule has 24 heavy (non-hydrogen) atoms. The minimum atomic E-state index is 0.0573. The molecular formula is C22H22N2. The third-order valence-electron chi connectivity index (χ3n) is 5.65. The summed E-state index contributed by atoms with van der Waals surface area (Å²) in [5, 5.41) is 0. The van der Waals surface area contributed by atoms with Crippen LogP contribution >= 0.6 is 0 Å². The van der Waals surface area contributed by atoms with Crippen LogP contribution < -0.4 is 9.80 Å². The summed E-state index contributed by atoms with van der Waals surface area (Å²) in [6.07, 6.45) is 9.56. The van der Waals surface area contributed by atoms with Crippen molar-refractivity contribution in [3.63, 3.8) is 0 Å². The van der Waals surface area contributed by atoms with Crippen LogP contribution in [0.3, 0.4) is 0 Å². The molecule has 2 aromatic rings. The molecule has 2 aliphatic heterocycles. The van der Waals surface area contributed by atoms with Crippen LogP contribution in [-0.4, -0.2) is 6.17 Å². The molecule has 0 fully saturated rings. The highest BCUT2D eigenvalue weighted by molar-refractivity contribution is 5.90. The van der Waals surface area contributed by atoms with Gasteiger partial charge in [0.1, 0.15) is 6.17 Å². The van der Waals surface area contributed by atoms with E-state index in [1.54, 1.807) is 0 Å². The summed E-state index contributed by atoms with van der Waals surface area (Å²) in [6, 6.07) is 17.7. The van der Waals surface area contributed by atoms with Crippen LogP contribution in [0.5, 0.6) is 0 Å². The fourth-order valence-corrected chi connectivity index (χ4v) is 4.58. The lowest BCUT2D eigenvalue weighted by atomic mass is 9.83. The Labute approximate surface area is 143 Å². The van der Waals surface area contributed by atoms with Crippen molar-refractivity contribution in [2.75, 3.05) is 9.80 Å².